The van der Waals surface area contributed by atoms with Crippen molar-refractivity contribution in [2.75, 3.05) is 0 Å². The molecule has 1 aliphatic rings. The summed E-state index contributed by atoms with van der Waals surface area (Å²) in [6.45, 7) is 3.51. The van der Waals surface area contributed by atoms with Gasteiger partial charge in [0, 0.05) is 17.5 Å². The van der Waals surface area contributed by atoms with Crippen molar-refractivity contribution in [1.29, 1.82) is 0 Å². The van der Waals surface area contributed by atoms with Gasteiger partial charge in [-0.2, -0.15) is 0 Å². The van der Waals surface area contributed by atoms with E-state index in [1.54, 1.807) is 42.5 Å². The highest BCUT2D eigenvalue weighted by Crippen LogP contribution is 2.42. The number of halogens is 10. The topological polar surface area (TPSA) is 3.24 Å². The summed E-state index contributed by atoms with van der Waals surface area (Å²) >= 11 is 0. The van der Waals surface area contributed by atoms with Crippen molar-refractivity contribution in [3.8, 4) is 0 Å². The Bertz CT molecular complexity index is 1490. The Morgan fingerprint density at radius 1 is 0.636 bits per heavy atom. The lowest BCUT2D eigenvalue weighted by atomic mass is 9.39. The number of piperidine rings is 1. The van der Waals surface area contributed by atoms with Gasteiger partial charge >= 0.3 is 0 Å². The highest BCUT2D eigenvalue weighted by atomic mass is 19.2. The van der Waals surface area contributed by atoms with E-state index in [2.05, 4.69) is 0 Å². The first-order chi connectivity index (χ1) is 20.5. The predicted octanol–water partition coefficient (Wildman–Crippen LogP) is 7.99. The van der Waals surface area contributed by atoms with E-state index in [9.17, 15) is 26.3 Å². The highest BCUT2D eigenvalue weighted by molar-refractivity contribution is 6.89. The molecule has 12 heteroatoms. The quantitative estimate of drug-likeness (QED) is 0.111. The maximum atomic E-state index is 15.3. The Morgan fingerprint density at radius 3 is 1.43 bits per heavy atom. The van der Waals surface area contributed by atoms with Gasteiger partial charge in [-0.15, -0.1) is 10.9 Å². The van der Waals surface area contributed by atoms with Crippen molar-refractivity contribution in [2.24, 2.45) is 0 Å². The first-order valence-electron chi connectivity index (χ1n) is 14.0. The fraction of sp³-hybridized carbons (Fsp3) is 0.312. The van der Waals surface area contributed by atoms with Crippen LogP contribution in [0.4, 0.5) is 43.9 Å². The summed E-state index contributed by atoms with van der Waals surface area (Å²) in [5, 5.41) is 0. The van der Waals surface area contributed by atoms with Gasteiger partial charge in [0.1, 0.15) is 23.3 Å². The van der Waals surface area contributed by atoms with Gasteiger partial charge in [0.25, 0.3) is 0 Å². The normalized spacial score (nSPS) is 16.8. The SMILES string of the molecule is CC1(C)CCCC(C)(C)N1/C(=C\[BH-](c1c(F)c(F)c(F)c(F)c1F)c1c(F)c(F)c(F)c(F)c1F)C/C=C/c1ccccc1. The first-order valence-corrected chi connectivity index (χ1v) is 14.0. The first kappa shape index (κ1) is 33.2. The lowest BCUT2D eigenvalue weighted by molar-refractivity contribution is 0.00447. The second-order valence-electron chi connectivity index (χ2n) is 12.2. The zero-order valence-electron chi connectivity index (χ0n) is 24.4. The molecule has 4 rings (SSSR count). The Balaban J connectivity index is 2.09. The Morgan fingerprint density at radius 2 is 1.02 bits per heavy atom. The van der Waals surface area contributed by atoms with Crippen molar-refractivity contribution < 1.29 is 43.9 Å². The van der Waals surface area contributed by atoms with Gasteiger partial charge in [0.2, 0.25) is 0 Å². The van der Waals surface area contributed by atoms with E-state index in [-0.39, 0.29) is 12.1 Å². The molecule has 1 nitrogen and oxygen atoms in total. The average molecular weight is 628 g/mol. The fourth-order valence-electron chi connectivity index (χ4n) is 6.51. The number of allylic oxidation sites excluding steroid dienone is 1. The molecule has 0 aromatic heterocycles. The van der Waals surface area contributed by atoms with E-state index in [1.807, 2.05) is 32.6 Å². The van der Waals surface area contributed by atoms with Crippen LogP contribution in [-0.4, -0.2) is 22.7 Å². The molecular weight excluding hydrogens is 599 g/mol. The molecule has 3 aromatic carbocycles. The van der Waals surface area contributed by atoms with Crippen LogP contribution in [0, 0.1) is 58.2 Å². The van der Waals surface area contributed by atoms with Crippen molar-refractivity contribution >= 4 is 23.7 Å². The van der Waals surface area contributed by atoms with Crippen molar-refractivity contribution in [3.63, 3.8) is 0 Å². The molecule has 44 heavy (non-hydrogen) atoms. The fourth-order valence-corrected chi connectivity index (χ4v) is 6.51. The van der Waals surface area contributed by atoms with Crippen LogP contribution in [0.5, 0.6) is 0 Å². The van der Waals surface area contributed by atoms with E-state index in [0.29, 0.717) is 12.8 Å². The molecule has 0 spiro atoms. The Labute approximate surface area is 249 Å². The molecule has 3 aromatic rings. The van der Waals surface area contributed by atoms with Crippen molar-refractivity contribution in [1.82, 2.24) is 4.90 Å². The zero-order valence-corrected chi connectivity index (χ0v) is 24.4. The molecule has 1 fully saturated rings. The van der Waals surface area contributed by atoms with Gasteiger partial charge in [-0.25, -0.2) is 49.9 Å². The minimum Gasteiger partial charge on any atom is -0.368 e. The third-order valence-electron chi connectivity index (χ3n) is 8.31. The Kier molecular flexibility index (Phi) is 9.33. The number of hydrogen-bond donors (Lipinski definition) is 0. The molecule has 1 aliphatic heterocycles. The van der Waals surface area contributed by atoms with Crippen LogP contribution < -0.4 is 10.9 Å². The summed E-state index contributed by atoms with van der Waals surface area (Å²) in [5.74, 6) is -23.6. The molecule has 0 unspecified atom stereocenters. The highest BCUT2D eigenvalue weighted by Gasteiger charge is 2.42. The van der Waals surface area contributed by atoms with Gasteiger partial charge < -0.3 is 4.90 Å². The molecule has 0 amide bonds. The minimum absolute atomic E-state index is 0.0873. The minimum atomic E-state index is -3.84. The predicted molar refractivity (Wildman–Crippen MR) is 151 cm³/mol. The Hall–Kier alpha value is -3.70. The molecule has 1 saturated heterocycles. The van der Waals surface area contributed by atoms with Crippen LogP contribution in [0.25, 0.3) is 6.08 Å². The summed E-state index contributed by atoms with van der Waals surface area (Å²) in [7, 11) is 0. The maximum absolute atomic E-state index is 15.3. The van der Waals surface area contributed by atoms with Crippen LogP contribution in [0.2, 0.25) is 0 Å². The summed E-state index contributed by atoms with van der Waals surface area (Å²) in [6, 6.07) is 8.85. The molecule has 0 radical (unpaired) electrons. The second kappa shape index (κ2) is 12.4. The van der Waals surface area contributed by atoms with Gasteiger partial charge in [-0.3, -0.25) is 0 Å². The largest absolute Gasteiger partial charge is 0.368 e. The number of likely N-dealkylation sites (tertiary alicyclic amines) is 1. The number of benzene rings is 3. The monoisotopic (exact) mass is 628 g/mol. The maximum Gasteiger partial charge on any atom is 0.200 e. The molecule has 1 heterocycles. The third kappa shape index (κ3) is 5.99. The summed E-state index contributed by atoms with van der Waals surface area (Å²) in [4.78, 5) is 1.82. The van der Waals surface area contributed by atoms with Crippen LogP contribution in [-0.2, 0) is 0 Å². The van der Waals surface area contributed by atoms with Crippen molar-refractivity contribution in [3.05, 3.63) is 112 Å². The molecule has 0 atom stereocenters. The third-order valence-corrected chi connectivity index (χ3v) is 8.31. The van der Waals surface area contributed by atoms with E-state index in [4.69, 9.17) is 0 Å². The molecular formula is C32H29BF10N-. The van der Waals surface area contributed by atoms with E-state index in [1.165, 1.54) is 0 Å². The lowest BCUT2D eigenvalue weighted by Gasteiger charge is -2.56. The zero-order chi connectivity index (χ0) is 32.7. The van der Waals surface area contributed by atoms with Crippen LogP contribution in [0.15, 0.2) is 48.1 Å². The van der Waals surface area contributed by atoms with Crippen molar-refractivity contribution in [2.45, 2.75) is 64.5 Å². The van der Waals surface area contributed by atoms with E-state index >= 15 is 17.6 Å². The number of hydrogen-bond acceptors (Lipinski definition) is 1. The standard InChI is InChI=1S/C32H29BF10N/c1-31(2)14-9-15-32(3,4)44(31)18(13-8-12-17-10-6-5-7-11-17)16-33(19-21(34)25(38)29(42)26(39)22(19)35)20-23(36)27(40)30(43)28(41)24(20)37/h5-8,10-12,16,33H,9,13-15H2,1-4H3/q-1/b12-8+,18-16-. The summed E-state index contributed by atoms with van der Waals surface area (Å²) in [5.41, 5.74) is -3.88. The van der Waals surface area contributed by atoms with Gasteiger partial charge in [0.15, 0.2) is 34.9 Å². The average Bonchev–Trinajstić information content (AvgIpc) is 2.96. The van der Waals surface area contributed by atoms with E-state index < -0.39 is 86.9 Å². The van der Waals surface area contributed by atoms with Crippen LogP contribution in [0.1, 0.15) is 58.9 Å². The van der Waals surface area contributed by atoms with Gasteiger partial charge in [-0.05, 0) is 58.2 Å². The molecule has 0 N–H and O–H groups in total. The number of rotatable bonds is 7. The molecule has 236 valence electrons. The molecule has 0 aliphatic carbocycles. The second-order valence-corrected chi connectivity index (χ2v) is 12.2. The van der Waals surface area contributed by atoms with Crippen LogP contribution >= 0.6 is 0 Å². The summed E-state index contributed by atoms with van der Waals surface area (Å²) in [6.07, 6.45) is 5.14. The van der Waals surface area contributed by atoms with Gasteiger partial charge in [0.05, 0.1) is 6.71 Å². The lowest BCUT2D eigenvalue weighted by Crippen LogP contribution is -2.58. The smallest absolute Gasteiger partial charge is 0.200 e. The van der Waals surface area contributed by atoms with Crippen LogP contribution in [0.3, 0.4) is 0 Å². The molecule has 0 saturated carbocycles. The van der Waals surface area contributed by atoms with Gasteiger partial charge in [-0.1, -0.05) is 42.5 Å². The summed E-state index contributed by atoms with van der Waals surface area (Å²) < 4.78 is 147. The van der Waals surface area contributed by atoms with E-state index in [0.717, 1.165) is 18.0 Å². The molecule has 0 bridgehead atoms. The number of nitrogens with zero attached hydrogens (tertiary/aromatic N) is 1.